The molecular weight excluding hydrogens is 372 g/mol. The molecule has 27 heavy (non-hydrogen) atoms. The molecule has 0 bridgehead atoms. The van der Waals surface area contributed by atoms with Crippen LogP contribution in [0.2, 0.25) is 5.02 Å². The van der Waals surface area contributed by atoms with Gasteiger partial charge in [-0.25, -0.2) is 10.2 Å². The first kappa shape index (κ1) is 19.5. The highest BCUT2D eigenvalue weighted by atomic mass is 35.5. The van der Waals surface area contributed by atoms with Crippen molar-refractivity contribution in [3.8, 4) is 11.5 Å². The number of hydrazone groups is 1. The highest BCUT2D eigenvalue weighted by molar-refractivity contribution is 6.32. The molecule has 2 N–H and O–H groups in total. The fourth-order valence-corrected chi connectivity index (χ4v) is 4.45. The van der Waals surface area contributed by atoms with Crippen molar-refractivity contribution in [3.05, 3.63) is 22.7 Å². The Morgan fingerprint density at radius 3 is 2.85 bits per heavy atom. The molecule has 0 aromatic heterocycles. The van der Waals surface area contributed by atoms with Gasteiger partial charge in [-0.2, -0.15) is 5.10 Å². The fourth-order valence-electron chi connectivity index (χ4n) is 4.18. The van der Waals surface area contributed by atoms with E-state index >= 15 is 0 Å². The van der Waals surface area contributed by atoms with Gasteiger partial charge in [0, 0.05) is 5.92 Å². The molecule has 3 rings (SSSR count). The molecule has 0 radical (unpaired) electrons. The van der Waals surface area contributed by atoms with Crippen LogP contribution >= 0.6 is 11.6 Å². The number of methoxy groups -OCH3 is 1. The van der Waals surface area contributed by atoms with Gasteiger partial charge >= 0.3 is 5.97 Å². The number of carboxylic acid groups (broad SMARTS) is 1. The molecule has 0 saturated heterocycles. The van der Waals surface area contributed by atoms with E-state index in [0.29, 0.717) is 11.5 Å². The maximum atomic E-state index is 12.4. The van der Waals surface area contributed by atoms with Crippen molar-refractivity contribution >= 4 is 29.7 Å². The van der Waals surface area contributed by atoms with Crippen molar-refractivity contribution in [3.63, 3.8) is 0 Å². The molecular formula is C19H23ClN2O5. The van der Waals surface area contributed by atoms with Gasteiger partial charge < -0.3 is 14.6 Å². The van der Waals surface area contributed by atoms with Crippen molar-refractivity contribution in [1.29, 1.82) is 0 Å². The number of halogens is 1. The van der Waals surface area contributed by atoms with E-state index in [4.69, 9.17) is 26.2 Å². The maximum absolute atomic E-state index is 12.4. The van der Waals surface area contributed by atoms with Gasteiger partial charge in [0.2, 0.25) is 5.91 Å². The van der Waals surface area contributed by atoms with Crippen molar-refractivity contribution in [2.75, 3.05) is 13.7 Å². The standard InChI is InChI=1S/C19H23ClN2O5/c1-19-6-4-3-5-12(19)16(19)18(25)22-21-9-11-7-13(20)17(14(8-11)26-2)27-10-15(23)24/h7-9,12,16H,3-6,10H2,1-2H3,(H,22,25)(H,23,24)/b21-9-/t12-,16+,19-/m1/s1. The monoisotopic (exact) mass is 394 g/mol. The zero-order valence-corrected chi connectivity index (χ0v) is 16.1. The first-order chi connectivity index (χ1) is 12.9. The zero-order chi connectivity index (χ0) is 19.6. The zero-order valence-electron chi connectivity index (χ0n) is 15.3. The predicted octanol–water partition coefficient (Wildman–Crippen LogP) is 3.09. The Bertz CT molecular complexity index is 782. The number of rotatable bonds is 7. The number of aliphatic carboxylic acids is 1. The Hall–Kier alpha value is -2.28. The van der Waals surface area contributed by atoms with Crippen LogP contribution in [0.5, 0.6) is 11.5 Å². The number of hydrogen-bond acceptors (Lipinski definition) is 5. The Morgan fingerprint density at radius 1 is 1.44 bits per heavy atom. The van der Waals surface area contributed by atoms with Gasteiger partial charge in [-0.3, -0.25) is 4.79 Å². The summed E-state index contributed by atoms with van der Waals surface area (Å²) in [6.45, 7) is 1.66. The number of amides is 1. The Balaban J connectivity index is 1.64. The minimum Gasteiger partial charge on any atom is -0.493 e. The average molecular weight is 395 g/mol. The molecule has 1 amide bonds. The van der Waals surface area contributed by atoms with Crippen LogP contribution in [0.3, 0.4) is 0 Å². The number of hydrogen-bond donors (Lipinski definition) is 2. The van der Waals surface area contributed by atoms with Crippen LogP contribution in [-0.4, -0.2) is 36.9 Å². The van der Waals surface area contributed by atoms with E-state index in [1.54, 1.807) is 12.1 Å². The summed E-state index contributed by atoms with van der Waals surface area (Å²) in [4.78, 5) is 23.1. The lowest BCUT2D eigenvalue weighted by molar-refractivity contribution is -0.139. The lowest BCUT2D eigenvalue weighted by Gasteiger charge is -2.15. The molecule has 0 unspecified atom stereocenters. The normalized spacial score (nSPS) is 26.3. The second-order valence-corrected chi connectivity index (χ2v) is 7.69. The molecule has 8 heteroatoms. The third-order valence-corrected chi connectivity index (χ3v) is 5.87. The summed E-state index contributed by atoms with van der Waals surface area (Å²) < 4.78 is 10.4. The van der Waals surface area contributed by atoms with Gasteiger partial charge in [0.1, 0.15) is 0 Å². The molecule has 1 aromatic rings. The molecule has 2 aliphatic carbocycles. The number of carboxylic acids is 1. The lowest BCUT2D eigenvalue weighted by atomic mass is 9.90. The van der Waals surface area contributed by atoms with Crippen LogP contribution in [0.25, 0.3) is 0 Å². The molecule has 146 valence electrons. The number of carbonyl (C=O) groups excluding carboxylic acids is 1. The van der Waals surface area contributed by atoms with Crippen LogP contribution < -0.4 is 14.9 Å². The summed E-state index contributed by atoms with van der Waals surface area (Å²) in [5, 5.41) is 13.0. The Morgan fingerprint density at radius 2 is 2.22 bits per heavy atom. The van der Waals surface area contributed by atoms with E-state index in [1.165, 1.54) is 26.2 Å². The van der Waals surface area contributed by atoms with Crippen LogP contribution in [0.15, 0.2) is 17.2 Å². The quantitative estimate of drug-likeness (QED) is 0.547. The summed E-state index contributed by atoms with van der Waals surface area (Å²) in [6.07, 6.45) is 6.07. The minimum absolute atomic E-state index is 0.0416. The van der Waals surface area contributed by atoms with Gasteiger partial charge in [0.25, 0.3) is 0 Å². The number of ether oxygens (including phenoxy) is 2. The first-order valence-electron chi connectivity index (χ1n) is 8.92. The van der Waals surface area contributed by atoms with Gasteiger partial charge in [-0.05, 0) is 41.9 Å². The summed E-state index contributed by atoms with van der Waals surface area (Å²) in [6, 6.07) is 3.17. The highest BCUT2D eigenvalue weighted by Crippen LogP contribution is 2.66. The van der Waals surface area contributed by atoms with E-state index in [1.807, 2.05) is 0 Å². The van der Waals surface area contributed by atoms with E-state index < -0.39 is 12.6 Å². The van der Waals surface area contributed by atoms with E-state index in [2.05, 4.69) is 17.5 Å². The van der Waals surface area contributed by atoms with Crippen molar-refractivity contribution in [1.82, 2.24) is 5.43 Å². The molecule has 1 aromatic carbocycles. The van der Waals surface area contributed by atoms with E-state index in [-0.39, 0.29) is 33.8 Å². The van der Waals surface area contributed by atoms with Crippen LogP contribution in [0.1, 0.15) is 38.2 Å². The van der Waals surface area contributed by atoms with Crippen molar-refractivity contribution < 1.29 is 24.2 Å². The molecule has 2 fully saturated rings. The second-order valence-electron chi connectivity index (χ2n) is 7.29. The smallest absolute Gasteiger partial charge is 0.341 e. The topological polar surface area (TPSA) is 97.2 Å². The van der Waals surface area contributed by atoms with Gasteiger partial charge in [-0.1, -0.05) is 31.4 Å². The SMILES string of the molecule is COc1cc(/C=N\NC(=O)[C@@H]2[C@H]3CCCC[C@]32C)cc(Cl)c1OCC(=O)O. The fraction of sp³-hybridized carbons (Fsp3) is 0.526. The predicted molar refractivity (Wildman–Crippen MR) is 100 cm³/mol. The van der Waals surface area contributed by atoms with Gasteiger partial charge in [0.05, 0.1) is 18.3 Å². The minimum atomic E-state index is -1.11. The molecule has 2 aliphatic rings. The average Bonchev–Trinajstić information content (AvgIpc) is 3.25. The molecule has 7 nitrogen and oxygen atoms in total. The molecule has 0 spiro atoms. The van der Waals surface area contributed by atoms with Crippen LogP contribution in [0.4, 0.5) is 0 Å². The van der Waals surface area contributed by atoms with E-state index in [9.17, 15) is 9.59 Å². The Labute approximate surface area is 162 Å². The summed E-state index contributed by atoms with van der Waals surface area (Å²) in [5.41, 5.74) is 3.35. The summed E-state index contributed by atoms with van der Waals surface area (Å²) >= 11 is 6.15. The third-order valence-electron chi connectivity index (χ3n) is 5.59. The lowest BCUT2D eigenvalue weighted by Crippen LogP contribution is -2.22. The van der Waals surface area contributed by atoms with Gasteiger partial charge in [0.15, 0.2) is 18.1 Å². The highest BCUT2D eigenvalue weighted by Gasteiger charge is 2.64. The summed E-state index contributed by atoms with van der Waals surface area (Å²) in [5.74, 6) is -0.199. The second kappa shape index (κ2) is 7.76. The van der Waals surface area contributed by atoms with Crippen LogP contribution in [0, 0.1) is 17.3 Å². The number of nitrogens with zero attached hydrogens (tertiary/aromatic N) is 1. The molecule has 0 aliphatic heterocycles. The summed E-state index contributed by atoms with van der Waals surface area (Å²) in [7, 11) is 1.43. The van der Waals surface area contributed by atoms with Crippen LogP contribution in [-0.2, 0) is 9.59 Å². The van der Waals surface area contributed by atoms with Gasteiger partial charge in [-0.15, -0.1) is 0 Å². The first-order valence-corrected chi connectivity index (χ1v) is 9.29. The van der Waals surface area contributed by atoms with Crippen molar-refractivity contribution in [2.45, 2.75) is 32.6 Å². The van der Waals surface area contributed by atoms with E-state index in [0.717, 1.165) is 12.8 Å². The maximum Gasteiger partial charge on any atom is 0.341 e. The Kier molecular flexibility index (Phi) is 5.60. The molecule has 3 atom stereocenters. The largest absolute Gasteiger partial charge is 0.493 e. The third kappa shape index (κ3) is 4.03. The number of carbonyl (C=O) groups is 2. The number of benzene rings is 1. The molecule has 2 saturated carbocycles. The molecule has 0 heterocycles. The number of nitrogens with one attached hydrogen (secondary N) is 1. The number of fused-ring (bicyclic) bond motifs is 1. The van der Waals surface area contributed by atoms with Crippen molar-refractivity contribution in [2.24, 2.45) is 22.4 Å².